The Labute approximate surface area is 191 Å². The zero-order valence-corrected chi connectivity index (χ0v) is 17.9. The number of amides is 2. The van der Waals surface area contributed by atoms with Gasteiger partial charge in [-0.2, -0.15) is 13.2 Å². The third kappa shape index (κ3) is 4.17. The topological polar surface area (TPSA) is 111 Å². The van der Waals surface area contributed by atoms with Crippen LogP contribution in [0.4, 0.5) is 24.5 Å². The molecule has 4 N–H and O–H groups in total. The molecule has 1 aliphatic rings. The first-order valence-electron chi connectivity index (χ1n) is 10.0. The number of hydrogen-bond acceptors (Lipinski definition) is 3. The van der Waals surface area contributed by atoms with Gasteiger partial charge >= 0.3 is 12.1 Å². The molecule has 0 aliphatic carbocycles. The number of aromatic carboxylic acids is 1. The van der Waals surface area contributed by atoms with Crippen LogP contribution in [0.15, 0.2) is 42.5 Å². The Morgan fingerprint density at radius 2 is 1.82 bits per heavy atom. The van der Waals surface area contributed by atoms with Crippen LogP contribution in [-0.4, -0.2) is 27.9 Å². The Balaban J connectivity index is 1.61. The van der Waals surface area contributed by atoms with Gasteiger partial charge < -0.3 is 20.7 Å². The molecule has 0 radical (unpaired) electrons. The van der Waals surface area contributed by atoms with Crippen LogP contribution < -0.4 is 10.6 Å². The van der Waals surface area contributed by atoms with E-state index >= 15 is 0 Å². The summed E-state index contributed by atoms with van der Waals surface area (Å²) in [5.41, 5.74) is 1.99. The van der Waals surface area contributed by atoms with E-state index in [2.05, 4.69) is 15.6 Å². The predicted molar refractivity (Wildman–Crippen MR) is 120 cm³/mol. The molecular formula is C24H18F3N3O4. The molecule has 0 saturated carbocycles. The summed E-state index contributed by atoms with van der Waals surface area (Å²) in [7, 11) is 0. The number of halogens is 3. The Bertz CT molecular complexity index is 1390. The summed E-state index contributed by atoms with van der Waals surface area (Å²) in [6.45, 7) is 3.26. The summed E-state index contributed by atoms with van der Waals surface area (Å²) >= 11 is 0. The zero-order chi connectivity index (χ0) is 24.8. The molecule has 0 saturated heterocycles. The number of rotatable bonds is 4. The molecule has 1 aromatic heterocycles. The molecule has 4 rings (SSSR count). The molecule has 3 aromatic rings. The number of hydrogen-bond donors (Lipinski definition) is 4. The van der Waals surface area contributed by atoms with Gasteiger partial charge in [0, 0.05) is 28.2 Å². The average molecular weight is 469 g/mol. The number of aromatic nitrogens is 1. The summed E-state index contributed by atoms with van der Waals surface area (Å²) in [6, 6.07) is 8.66. The molecule has 2 heterocycles. The number of aromatic amines is 1. The highest BCUT2D eigenvalue weighted by molar-refractivity contribution is 6.35. The summed E-state index contributed by atoms with van der Waals surface area (Å²) in [5.74, 6) is -2.22. The first-order valence-corrected chi connectivity index (χ1v) is 10.0. The number of anilines is 2. The second-order valence-corrected chi connectivity index (χ2v) is 7.77. The largest absolute Gasteiger partial charge is 0.478 e. The standard InChI is InChI=1S/C24H18F3N3O4/c1-11-18(28-12(2)20(11)23(33)34)10-17-16-7-6-15(9-19(16)30-22(17)32)29-21(31)13-4-3-5-14(8-13)24(25,26)27/h3-10,28H,1-2H3,(H,29,31)(H,30,32)(H,33,34)/b17-10-. The van der Waals surface area contributed by atoms with E-state index in [1.807, 2.05) is 0 Å². The molecule has 2 amide bonds. The maximum Gasteiger partial charge on any atom is 0.416 e. The number of nitrogens with one attached hydrogen (secondary N) is 3. The van der Waals surface area contributed by atoms with E-state index < -0.39 is 29.5 Å². The van der Waals surface area contributed by atoms with E-state index in [4.69, 9.17) is 0 Å². The van der Waals surface area contributed by atoms with Gasteiger partial charge in [0.2, 0.25) is 0 Å². The highest BCUT2D eigenvalue weighted by Gasteiger charge is 2.31. The van der Waals surface area contributed by atoms with E-state index in [1.54, 1.807) is 26.0 Å². The Kier molecular flexibility index (Phi) is 5.52. The van der Waals surface area contributed by atoms with Crippen molar-refractivity contribution in [1.29, 1.82) is 0 Å². The predicted octanol–water partition coefficient (Wildman–Crippen LogP) is 5.09. The Morgan fingerprint density at radius 1 is 1.09 bits per heavy atom. The van der Waals surface area contributed by atoms with E-state index in [0.29, 0.717) is 33.8 Å². The molecular weight excluding hydrogens is 451 g/mol. The van der Waals surface area contributed by atoms with Crippen LogP contribution in [0.5, 0.6) is 0 Å². The quantitative estimate of drug-likeness (QED) is 0.399. The number of alkyl halides is 3. The summed E-state index contributed by atoms with van der Waals surface area (Å²) in [4.78, 5) is 39.4. The van der Waals surface area contributed by atoms with E-state index in [1.165, 1.54) is 18.2 Å². The third-order valence-electron chi connectivity index (χ3n) is 5.49. The van der Waals surface area contributed by atoms with Gasteiger partial charge in [-0.25, -0.2) is 4.79 Å². The van der Waals surface area contributed by atoms with Gasteiger partial charge in [-0.05, 0) is 55.8 Å². The first kappa shape index (κ1) is 22.8. The van der Waals surface area contributed by atoms with E-state index in [0.717, 1.165) is 18.2 Å². The van der Waals surface area contributed by atoms with Gasteiger partial charge in [0.25, 0.3) is 11.8 Å². The molecule has 34 heavy (non-hydrogen) atoms. The number of H-pyrrole nitrogens is 1. The summed E-state index contributed by atoms with van der Waals surface area (Å²) in [5, 5.41) is 14.6. The fraction of sp³-hybridized carbons (Fsp3) is 0.125. The van der Waals surface area contributed by atoms with Crippen LogP contribution in [0.25, 0.3) is 11.6 Å². The lowest BCUT2D eigenvalue weighted by atomic mass is 10.0. The normalized spacial score (nSPS) is 14.1. The summed E-state index contributed by atoms with van der Waals surface area (Å²) in [6.07, 6.45) is -3.02. The molecule has 7 nitrogen and oxygen atoms in total. The van der Waals surface area contributed by atoms with Crippen LogP contribution in [0.2, 0.25) is 0 Å². The maximum absolute atomic E-state index is 12.9. The SMILES string of the molecule is Cc1[nH]c(/C=C2\C(=O)Nc3cc(NC(=O)c4cccc(C(F)(F)F)c4)ccc32)c(C)c1C(=O)O. The molecule has 0 atom stereocenters. The highest BCUT2D eigenvalue weighted by Crippen LogP contribution is 2.36. The number of carboxylic acids is 1. The molecule has 0 fully saturated rings. The number of fused-ring (bicyclic) bond motifs is 1. The maximum atomic E-state index is 12.9. The second kappa shape index (κ2) is 8.22. The van der Waals surface area contributed by atoms with Gasteiger partial charge in [0.05, 0.1) is 22.4 Å². The summed E-state index contributed by atoms with van der Waals surface area (Å²) < 4.78 is 38.8. The van der Waals surface area contributed by atoms with Crippen molar-refractivity contribution >= 4 is 40.8 Å². The average Bonchev–Trinajstić information content (AvgIpc) is 3.22. The molecule has 10 heteroatoms. The molecule has 174 valence electrons. The van der Waals surface area contributed by atoms with Gasteiger partial charge in [0.1, 0.15) is 0 Å². The van der Waals surface area contributed by atoms with Crippen molar-refractivity contribution in [2.45, 2.75) is 20.0 Å². The minimum Gasteiger partial charge on any atom is -0.478 e. The molecule has 0 unspecified atom stereocenters. The van der Waals surface area contributed by atoms with Gasteiger partial charge in [-0.15, -0.1) is 0 Å². The van der Waals surface area contributed by atoms with Crippen molar-refractivity contribution in [1.82, 2.24) is 4.98 Å². The molecule has 0 spiro atoms. The van der Waals surface area contributed by atoms with Crippen molar-refractivity contribution in [3.8, 4) is 0 Å². The van der Waals surface area contributed by atoms with Crippen molar-refractivity contribution < 1.29 is 32.7 Å². The van der Waals surface area contributed by atoms with Crippen LogP contribution in [0.1, 0.15) is 48.8 Å². The fourth-order valence-corrected chi connectivity index (χ4v) is 3.84. The van der Waals surface area contributed by atoms with Crippen molar-refractivity contribution in [2.75, 3.05) is 10.6 Å². The smallest absolute Gasteiger partial charge is 0.416 e. The first-order chi connectivity index (χ1) is 16.0. The number of carboxylic acid groups (broad SMARTS) is 1. The van der Waals surface area contributed by atoms with E-state index in [-0.39, 0.29) is 16.8 Å². The number of carbonyl (C=O) groups is 3. The van der Waals surface area contributed by atoms with Gasteiger partial charge in [-0.1, -0.05) is 12.1 Å². The van der Waals surface area contributed by atoms with E-state index in [9.17, 15) is 32.7 Å². The van der Waals surface area contributed by atoms with Gasteiger partial charge in [0.15, 0.2) is 0 Å². The van der Waals surface area contributed by atoms with Crippen molar-refractivity contribution in [2.24, 2.45) is 0 Å². The fourth-order valence-electron chi connectivity index (χ4n) is 3.84. The lowest BCUT2D eigenvalue weighted by molar-refractivity contribution is -0.137. The van der Waals surface area contributed by atoms with Crippen molar-refractivity contribution in [3.63, 3.8) is 0 Å². The van der Waals surface area contributed by atoms with Crippen molar-refractivity contribution in [3.05, 3.63) is 81.7 Å². The molecule has 2 aromatic carbocycles. The van der Waals surface area contributed by atoms with Crippen LogP contribution in [0, 0.1) is 13.8 Å². The Hall–Kier alpha value is -4.34. The second-order valence-electron chi connectivity index (χ2n) is 7.77. The minimum absolute atomic E-state index is 0.137. The lowest BCUT2D eigenvalue weighted by Crippen LogP contribution is -2.14. The monoisotopic (exact) mass is 469 g/mol. The lowest BCUT2D eigenvalue weighted by Gasteiger charge is -2.10. The number of carbonyl (C=O) groups excluding carboxylic acids is 2. The number of aryl methyl sites for hydroxylation is 1. The minimum atomic E-state index is -4.57. The molecule has 1 aliphatic heterocycles. The third-order valence-corrected chi connectivity index (χ3v) is 5.49. The Morgan fingerprint density at radius 3 is 2.47 bits per heavy atom. The van der Waals surface area contributed by atoms with Crippen LogP contribution in [-0.2, 0) is 11.0 Å². The van der Waals surface area contributed by atoms with Gasteiger partial charge in [-0.3, -0.25) is 9.59 Å². The number of benzene rings is 2. The van der Waals surface area contributed by atoms with Crippen LogP contribution in [0.3, 0.4) is 0 Å². The highest BCUT2D eigenvalue weighted by atomic mass is 19.4. The molecule has 0 bridgehead atoms. The van der Waals surface area contributed by atoms with Crippen LogP contribution >= 0.6 is 0 Å². The zero-order valence-electron chi connectivity index (χ0n) is 17.9.